The largest absolute Gasteiger partial charge is 0.367 e. The van der Waals surface area contributed by atoms with E-state index in [1.165, 1.54) is 4.90 Å². The zero-order valence-electron chi connectivity index (χ0n) is 13.7. The van der Waals surface area contributed by atoms with Gasteiger partial charge in [-0.25, -0.2) is 4.98 Å². The standard InChI is InChI=1S/C16H22N6S/c1-10(17)5-4-8-18-15-16-21-20-11(2)22(16)14-7-6-12(23-3)9-13(14)19-15/h6-7,9-10H,4-5,8,17H2,1-3H3,(H,18,19)/t10-/m1/s1. The van der Waals surface area contributed by atoms with Gasteiger partial charge in [-0.1, -0.05) is 0 Å². The van der Waals surface area contributed by atoms with Crippen LogP contribution in [0.25, 0.3) is 16.7 Å². The lowest BCUT2D eigenvalue weighted by atomic mass is 10.2. The Balaban J connectivity index is 2.01. The highest BCUT2D eigenvalue weighted by Crippen LogP contribution is 2.25. The van der Waals surface area contributed by atoms with Gasteiger partial charge in [0.05, 0.1) is 11.0 Å². The second-order valence-corrected chi connectivity index (χ2v) is 6.65. The van der Waals surface area contributed by atoms with Crippen molar-refractivity contribution in [3.63, 3.8) is 0 Å². The van der Waals surface area contributed by atoms with Gasteiger partial charge in [-0.2, -0.15) is 0 Å². The van der Waals surface area contributed by atoms with Gasteiger partial charge < -0.3 is 11.1 Å². The second kappa shape index (κ2) is 6.72. The minimum absolute atomic E-state index is 0.223. The van der Waals surface area contributed by atoms with E-state index in [1.54, 1.807) is 11.8 Å². The highest BCUT2D eigenvalue weighted by molar-refractivity contribution is 7.98. The molecule has 0 aliphatic rings. The van der Waals surface area contributed by atoms with Crippen molar-refractivity contribution in [2.75, 3.05) is 18.1 Å². The summed E-state index contributed by atoms with van der Waals surface area (Å²) in [6.07, 6.45) is 4.05. The molecule has 0 saturated heterocycles. The number of fused-ring (bicyclic) bond motifs is 3. The number of hydrogen-bond donors (Lipinski definition) is 2. The van der Waals surface area contributed by atoms with Gasteiger partial charge >= 0.3 is 0 Å². The fourth-order valence-electron chi connectivity index (χ4n) is 2.63. The van der Waals surface area contributed by atoms with Crippen LogP contribution in [0.15, 0.2) is 23.1 Å². The van der Waals surface area contributed by atoms with E-state index in [-0.39, 0.29) is 6.04 Å². The van der Waals surface area contributed by atoms with Crippen molar-refractivity contribution >= 4 is 34.3 Å². The summed E-state index contributed by atoms with van der Waals surface area (Å²) < 4.78 is 2.06. The molecule has 3 aromatic rings. The molecule has 2 aromatic heterocycles. The van der Waals surface area contributed by atoms with Crippen molar-refractivity contribution in [1.29, 1.82) is 0 Å². The molecule has 6 nitrogen and oxygen atoms in total. The van der Waals surface area contributed by atoms with Gasteiger partial charge in [0.1, 0.15) is 5.82 Å². The minimum Gasteiger partial charge on any atom is -0.367 e. The zero-order valence-corrected chi connectivity index (χ0v) is 14.5. The second-order valence-electron chi connectivity index (χ2n) is 5.77. The van der Waals surface area contributed by atoms with E-state index in [9.17, 15) is 0 Å². The number of aromatic nitrogens is 4. The van der Waals surface area contributed by atoms with Crippen LogP contribution >= 0.6 is 11.8 Å². The summed E-state index contributed by atoms with van der Waals surface area (Å²) in [6.45, 7) is 4.81. The molecule has 0 radical (unpaired) electrons. The number of hydrogen-bond acceptors (Lipinski definition) is 6. The number of benzene rings is 1. The molecule has 0 saturated carbocycles. The van der Waals surface area contributed by atoms with Gasteiger partial charge in [0.2, 0.25) is 5.65 Å². The number of nitrogens with one attached hydrogen (secondary N) is 1. The first-order valence-corrected chi connectivity index (χ1v) is 9.01. The average molecular weight is 330 g/mol. The molecule has 3 N–H and O–H groups in total. The van der Waals surface area contributed by atoms with Crippen molar-refractivity contribution in [2.45, 2.75) is 37.6 Å². The average Bonchev–Trinajstić information content (AvgIpc) is 2.93. The monoisotopic (exact) mass is 330 g/mol. The van der Waals surface area contributed by atoms with Gasteiger partial charge in [0.25, 0.3) is 0 Å². The van der Waals surface area contributed by atoms with Crippen LogP contribution in [0.4, 0.5) is 5.82 Å². The molecule has 0 aliphatic carbocycles. The molecule has 0 aliphatic heterocycles. The van der Waals surface area contributed by atoms with Gasteiger partial charge in [-0.05, 0) is 51.1 Å². The third-order valence-corrected chi connectivity index (χ3v) is 4.55. The molecule has 23 heavy (non-hydrogen) atoms. The SMILES string of the molecule is CSc1ccc2c(c1)nc(NCCC[C@@H](C)N)c1nnc(C)n12. The highest BCUT2D eigenvalue weighted by atomic mass is 32.2. The third kappa shape index (κ3) is 3.25. The first-order chi connectivity index (χ1) is 11.1. The normalized spacial score (nSPS) is 12.9. The summed E-state index contributed by atoms with van der Waals surface area (Å²) in [7, 11) is 0. The summed E-state index contributed by atoms with van der Waals surface area (Å²) in [5, 5.41) is 11.9. The predicted molar refractivity (Wildman–Crippen MR) is 96.2 cm³/mol. The first-order valence-electron chi connectivity index (χ1n) is 7.79. The first kappa shape index (κ1) is 16.0. The number of nitrogens with zero attached hydrogens (tertiary/aromatic N) is 4. The Hall–Kier alpha value is -1.86. The summed E-state index contributed by atoms with van der Waals surface area (Å²) >= 11 is 1.71. The van der Waals surface area contributed by atoms with Gasteiger partial charge in [-0.3, -0.25) is 4.40 Å². The molecule has 0 spiro atoms. The Morgan fingerprint density at radius 1 is 1.35 bits per heavy atom. The predicted octanol–water partition coefficient (Wildman–Crippen LogP) is 2.85. The molecule has 3 rings (SSSR count). The molecule has 0 fully saturated rings. The van der Waals surface area contributed by atoms with Crippen LogP contribution in [-0.4, -0.2) is 38.4 Å². The fourth-order valence-corrected chi connectivity index (χ4v) is 3.07. The number of thioether (sulfide) groups is 1. The topological polar surface area (TPSA) is 81.1 Å². The van der Waals surface area contributed by atoms with E-state index in [1.807, 2.05) is 13.8 Å². The molecular weight excluding hydrogens is 308 g/mol. The van der Waals surface area contributed by atoms with Crippen LogP contribution in [0.1, 0.15) is 25.6 Å². The lowest BCUT2D eigenvalue weighted by Crippen LogP contribution is -2.16. The van der Waals surface area contributed by atoms with E-state index in [2.05, 4.69) is 44.4 Å². The van der Waals surface area contributed by atoms with Crippen LogP contribution in [0.3, 0.4) is 0 Å². The van der Waals surface area contributed by atoms with E-state index in [0.29, 0.717) is 0 Å². The van der Waals surface area contributed by atoms with E-state index >= 15 is 0 Å². The van der Waals surface area contributed by atoms with Gasteiger partial charge in [0, 0.05) is 17.5 Å². The summed E-state index contributed by atoms with van der Waals surface area (Å²) in [5.41, 5.74) is 8.55. The van der Waals surface area contributed by atoms with Crippen molar-refractivity contribution in [2.24, 2.45) is 5.73 Å². The third-order valence-electron chi connectivity index (χ3n) is 3.82. The Kier molecular flexibility index (Phi) is 4.68. The summed E-state index contributed by atoms with van der Waals surface area (Å²) in [6, 6.07) is 6.51. The maximum Gasteiger partial charge on any atom is 0.204 e. The van der Waals surface area contributed by atoms with E-state index < -0.39 is 0 Å². The molecule has 0 amide bonds. The van der Waals surface area contributed by atoms with E-state index in [4.69, 9.17) is 10.7 Å². The molecule has 1 atom stereocenters. The quantitative estimate of drug-likeness (QED) is 0.534. The smallest absolute Gasteiger partial charge is 0.204 e. The highest BCUT2D eigenvalue weighted by Gasteiger charge is 2.13. The summed E-state index contributed by atoms with van der Waals surface area (Å²) in [4.78, 5) is 5.96. The number of aryl methyl sites for hydroxylation is 1. The number of nitrogens with two attached hydrogens (primary N) is 1. The van der Waals surface area contributed by atoms with Crippen molar-refractivity contribution < 1.29 is 0 Å². The molecule has 2 heterocycles. The number of anilines is 1. The molecule has 0 unspecified atom stereocenters. The van der Waals surface area contributed by atoms with Crippen LogP contribution in [-0.2, 0) is 0 Å². The van der Waals surface area contributed by atoms with Crippen LogP contribution < -0.4 is 11.1 Å². The molecule has 0 bridgehead atoms. The number of rotatable bonds is 6. The van der Waals surface area contributed by atoms with Crippen molar-refractivity contribution in [3.8, 4) is 0 Å². The van der Waals surface area contributed by atoms with Crippen molar-refractivity contribution in [1.82, 2.24) is 19.6 Å². The van der Waals surface area contributed by atoms with Gasteiger partial charge in [-0.15, -0.1) is 22.0 Å². The fraction of sp³-hybridized carbons (Fsp3) is 0.438. The lowest BCUT2D eigenvalue weighted by molar-refractivity contribution is 0.639. The molecule has 7 heteroatoms. The Bertz CT molecular complexity index is 826. The maximum atomic E-state index is 5.80. The van der Waals surface area contributed by atoms with E-state index in [0.717, 1.165) is 47.7 Å². The summed E-state index contributed by atoms with van der Waals surface area (Å²) in [5.74, 6) is 1.64. The van der Waals surface area contributed by atoms with Crippen LogP contribution in [0, 0.1) is 6.92 Å². The van der Waals surface area contributed by atoms with Gasteiger partial charge in [0.15, 0.2) is 5.82 Å². The molecule has 1 aromatic carbocycles. The van der Waals surface area contributed by atoms with Crippen LogP contribution in [0.5, 0.6) is 0 Å². The zero-order chi connectivity index (χ0) is 16.4. The Morgan fingerprint density at radius 2 is 2.17 bits per heavy atom. The Labute approximate surface area is 139 Å². The molecular formula is C16H22N6S. The van der Waals surface area contributed by atoms with Crippen molar-refractivity contribution in [3.05, 3.63) is 24.0 Å². The molecule has 122 valence electrons. The maximum absolute atomic E-state index is 5.80. The minimum atomic E-state index is 0.223. The van der Waals surface area contributed by atoms with Crippen LogP contribution in [0.2, 0.25) is 0 Å². The Morgan fingerprint density at radius 3 is 2.91 bits per heavy atom. The lowest BCUT2D eigenvalue weighted by Gasteiger charge is -2.11.